The number of hydrogen-bond acceptors (Lipinski definition) is 7. The summed E-state index contributed by atoms with van der Waals surface area (Å²) in [7, 11) is 0. The summed E-state index contributed by atoms with van der Waals surface area (Å²) in [5, 5.41) is 25.9. The molecule has 2 aromatic carbocycles. The van der Waals surface area contributed by atoms with Crippen LogP contribution in [0.1, 0.15) is 25.8 Å². The Labute approximate surface area is 149 Å². The number of benzene rings is 2. The van der Waals surface area contributed by atoms with Crippen molar-refractivity contribution in [3.05, 3.63) is 68.3 Å². The molecular formula is C17H18N4O5. The molecule has 0 unspecified atom stereocenters. The Hall–Kier alpha value is -3.49. The van der Waals surface area contributed by atoms with Crippen LogP contribution in [-0.4, -0.2) is 22.2 Å². The maximum atomic E-state index is 11.1. The Morgan fingerprint density at radius 3 is 2.58 bits per heavy atom. The summed E-state index contributed by atoms with van der Waals surface area (Å²) in [6.07, 6.45) is 2.36. The van der Waals surface area contributed by atoms with Gasteiger partial charge in [0, 0.05) is 11.6 Å². The number of anilines is 1. The molecule has 26 heavy (non-hydrogen) atoms. The third-order valence-electron chi connectivity index (χ3n) is 3.60. The highest BCUT2D eigenvalue weighted by atomic mass is 16.6. The number of ether oxygens (including phenoxy) is 1. The van der Waals surface area contributed by atoms with E-state index in [0.29, 0.717) is 11.3 Å². The molecule has 9 heteroatoms. The van der Waals surface area contributed by atoms with Gasteiger partial charge in [0.1, 0.15) is 11.4 Å². The van der Waals surface area contributed by atoms with Gasteiger partial charge in [-0.3, -0.25) is 25.7 Å². The normalized spacial score (nSPS) is 11.9. The van der Waals surface area contributed by atoms with Crippen LogP contribution in [0.25, 0.3) is 0 Å². The van der Waals surface area contributed by atoms with E-state index in [2.05, 4.69) is 10.5 Å². The SMILES string of the molecule is CC[C@H](C)Oc1ccccc1/C=N\Nc1ccc([N+](=O)[O-])cc1[N+](=O)[O-]. The molecule has 0 saturated heterocycles. The van der Waals surface area contributed by atoms with Crippen molar-refractivity contribution in [2.75, 3.05) is 5.43 Å². The number of hydrazone groups is 1. The topological polar surface area (TPSA) is 120 Å². The minimum Gasteiger partial charge on any atom is -0.490 e. The standard InChI is InChI=1S/C17H18N4O5/c1-3-12(2)26-17-7-5-4-6-13(17)11-18-19-15-9-8-14(20(22)23)10-16(15)21(24)25/h4-12,19H,3H2,1-2H3/b18-11-/t12-/m0/s1. The summed E-state index contributed by atoms with van der Waals surface area (Å²) >= 11 is 0. The van der Waals surface area contributed by atoms with Gasteiger partial charge >= 0.3 is 5.69 Å². The molecule has 2 rings (SSSR count). The first-order valence-corrected chi connectivity index (χ1v) is 7.90. The highest BCUT2D eigenvalue weighted by molar-refractivity contribution is 5.84. The number of para-hydroxylation sites is 1. The summed E-state index contributed by atoms with van der Waals surface area (Å²) < 4.78 is 5.80. The van der Waals surface area contributed by atoms with E-state index in [1.807, 2.05) is 32.0 Å². The number of rotatable bonds is 8. The molecule has 0 aliphatic heterocycles. The minimum atomic E-state index is -0.704. The number of nitro groups is 2. The summed E-state index contributed by atoms with van der Waals surface area (Å²) in [5.74, 6) is 0.644. The molecule has 0 saturated carbocycles. The summed E-state index contributed by atoms with van der Waals surface area (Å²) in [5.41, 5.74) is 2.51. The fraction of sp³-hybridized carbons (Fsp3) is 0.235. The van der Waals surface area contributed by atoms with Gasteiger partial charge in [0.15, 0.2) is 0 Å². The lowest BCUT2D eigenvalue weighted by Gasteiger charge is -2.14. The highest BCUT2D eigenvalue weighted by Gasteiger charge is 2.19. The summed E-state index contributed by atoms with van der Waals surface area (Å²) in [6, 6.07) is 10.6. The van der Waals surface area contributed by atoms with Crippen molar-refractivity contribution in [1.82, 2.24) is 0 Å². The molecule has 1 N–H and O–H groups in total. The van der Waals surface area contributed by atoms with Crippen molar-refractivity contribution < 1.29 is 14.6 Å². The second kappa shape index (κ2) is 8.56. The number of hydrogen-bond donors (Lipinski definition) is 1. The van der Waals surface area contributed by atoms with Gasteiger partial charge in [0.2, 0.25) is 0 Å². The predicted molar refractivity (Wildman–Crippen MR) is 97.8 cm³/mol. The third kappa shape index (κ3) is 4.76. The molecule has 0 aliphatic rings. The van der Waals surface area contributed by atoms with Crippen molar-refractivity contribution in [3.63, 3.8) is 0 Å². The lowest BCUT2D eigenvalue weighted by atomic mass is 10.2. The molecular weight excluding hydrogens is 340 g/mol. The van der Waals surface area contributed by atoms with E-state index in [4.69, 9.17) is 4.74 Å². The second-order valence-corrected chi connectivity index (χ2v) is 5.46. The quantitative estimate of drug-likeness (QED) is 0.430. The number of non-ortho nitro benzene ring substituents is 1. The van der Waals surface area contributed by atoms with E-state index in [1.54, 1.807) is 6.07 Å². The Bertz CT molecular complexity index is 838. The lowest BCUT2D eigenvalue weighted by Crippen LogP contribution is -2.11. The van der Waals surface area contributed by atoms with Crippen molar-refractivity contribution in [2.45, 2.75) is 26.4 Å². The van der Waals surface area contributed by atoms with Crippen LogP contribution in [0, 0.1) is 20.2 Å². The molecule has 0 spiro atoms. The molecule has 9 nitrogen and oxygen atoms in total. The van der Waals surface area contributed by atoms with Crippen LogP contribution in [0.5, 0.6) is 5.75 Å². The van der Waals surface area contributed by atoms with Crippen LogP contribution >= 0.6 is 0 Å². The van der Waals surface area contributed by atoms with E-state index in [0.717, 1.165) is 12.5 Å². The first-order chi connectivity index (χ1) is 12.4. The average Bonchev–Trinajstić information content (AvgIpc) is 2.62. The summed E-state index contributed by atoms with van der Waals surface area (Å²) in [6.45, 7) is 3.96. The molecule has 0 aromatic heterocycles. The molecule has 1 atom stereocenters. The van der Waals surface area contributed by atoms with Gasteiger partial charge in [-0.2, -0.15) is 5.10 Å². The zero-order valence-electron chi connectivity index (χ0n) is 14.3. The predicted octanol–water partition coefficient (Wildman–Crippen LogP) is 4.13. The van der Waals surface area contributed by atoms with E-state index in [1.165, 1.54) is 18.3 Å². The van der Waals surface area contributed by atoms with Crippen LogP contribution in [0.15, 0.2) is 47.6 Å². The highest BCUT2D eigenvalue weighted by Crippen LogP contribution is 2.29. The molecule has 0 heterocycles. The van der Waals surface area contributed by atoms with Gasteiger partial charge < -0.3 is 4.74 Å². The van der Waals surface area contributed by atoms with Crippen LogP contribution in [0.4, 0.5) is 17.1 Å². The van der Waals surface area contributed by atoms with Gasteiger partial charge in [-0.05, 0) is 31.5 Å². The molecule has 0 aliphatic carbocycles. The Morgan fingerprint density at radius 2 is 1.92 bits per heavy atom. The van der Waals surface area contributed by atoms with Gasteiger partial charge in [-0.25, -0.2) is 0 Å². The van der Waals surface area contributed by atoms with Crippen LogP contribution in [0.2, 0.25) is 0 Å². The fourth-order valence-electron chi connectivity index (χ4n) is 2.05. The van der Waals surface area contributed by atoms with Gasteiger partial charge in [0.05, 0.1) is 28.2 Å². The molecule has 2 aromatic rings. The second-order valence-electron chi connectivity index (χ2n) is 5.46. The molecule has 0 bridgehead atoms. The molecule has 0 radical (unpaired) electrons. The molecule has 136 valence electrons. The van der Waals surface area contributed by atoms with E-state index < -0.39 is 15.5 Å². The first-order valence-electron chi connectivity index (χ1n) is 7.90. The average molecular weight is 358 g/mol. The maximum Gasteiger partial charge on any atom is 0.301 e. The smallest absolute Gasteiger partial charge is 0.301 e. The number of nitrogens with one attached hydrogen (secondary N) is 1. The molecule has 0 amide bonds. The van der Waals surface area contributed by atoms with Crippen molar-refractivity contribution in [1.29, 1.82) is 0 Å². The van der Waals surface area contributed by atoms with Crippen LogP contribution in [-0.2, 0) is 0 Å². The Balaban J connectivity index is 2.21. The van der Waals surface area contributed by atoms with Crippen molar-refractivity contribution in [2.24, 2.45) is 5.10 Å². The first kappa shape index (κ1) is 18.8. The van der Waals surface area contributed by atoms with E-state index >= 15 is 0 Å². The largest absolute Gasteiger partial charge is 0.490 e. The zero-order chi connectivity index (χ0) is 19.1. The lowest BCUT2D eigenvalue weighted by molar-refractivity contribution is -0.393. The van der Waals surface area contributed by atoms with Gasteiger partial charge in [0.25, 0.3) is 5.69 Å². The monoisotopic (exact) mass is 358 g/mol. The van der Waals surface area contributed by atoms with Gasteiger partial charge in [-0.15, -0.1) is 0 Å². The Kier molecular flexibility index (Phi) is 6.20. The van der Waals surface area contributed by atoms with Crippen molar-refractivity contribution in [3.8, 4) is 5.75 Å². The third-order valence-corrected chi connectivity index (χ3v) is 3.60. The maximum absolute atomic E-state index is 11.1. The van der Waals surface area contributed by atoms with Crippen LogP contribution < -0.4 is 10.2 Å². The van der Waals surface area contributed by atoms with Crippen molar-refractivity contribution >= 4 is 23.3 Å². The van der Waals surface area contributed by atoms with Gasteiger partial charge in [-0.1, -0.05) is 19.1 Å². The number of nitrogens with zero attached hydrogens (tertiary/aromatic N) is 3. The zero-order valence-corrected chi connectivity index (χ0v) is 14.3. The van der Waals surface area contributed by atoms with E-state index in [-0.39, 0.29) is 17.5 Å². The number of nitro benzene ring substituents is 2. The van der Waals surface area contributed by atoms with E-state index in [9.17, 15) is 20.2 Å². The fourth-order valence-corrected chi connectivity index (χ4v) is 2.05. The minimum absolute atomic E-state index is 0.0354. The molecule has 0 fully saturated rings. The summed E-state index contributed by atoms with van der Waals surface area (Å²) in [4.78, 5) is 20.5. The Morgan fingerprint density at radius 1 is 1.19 bits per heavy atom. The van der Waals surface area contributed by atoms with Crippen LogP contribution in [0.3, 0.4) is 0 Å².